The Kier molecular flexibility index (Phi) is 3.84. The van der Waals surface area contributed by atoms with Gasteiger partial charge in [0.05, 0.1) is 12.1 Å². The van der Waals surface area contributed by atoms with Crippen LogP contribution in [0.2, 0.25) is 0 Å². The maximum atomic E-state index is 5.93. The second kappa shape index (κ2) is 6.29. The Balaban J connectivity index is 1.80. The van der Waals surface area contributed by atoms with Gasteiger partial charge < -0.3 is 11.1 Å². The molecule has 4 aromatic rings. The molecule has 0 atom stereocenters. The van der Waals surface area contributed by atoms with Gasteiger partial charge in [0.15, 0.2) is 5.82 Å². The molecule has 2 aromatic carbocycles. The van der Waals surface area contributed by atoms with Gasteiger partial charge in [-0.3, -0.25) is 0 Å². The van der Waals surface area contributed by atoms with Crippen molar-refractivity contribution >= 4 is 33.7 Å². The molecule has 3 N–H and O–H groups in total. The molecule has 118 valence electrons. The summed E-state index contributed by atoms with van der Waals surface area (Å²) in [4.78, 5) is 10.7. The first-order chi connectivity index (χ1) is 11.8. The van der Waals surface area contributed by atoms with Crippen molar-refractivity contribution in [3.63, 3.8) is 0 Å². The molecule has 0 unspecified atom stereocenters. The van der Waals surface area contributed by atoms with Crippen LogP contribution in [0.1, 0.15) is 4.88 Å². The van der Waals surface area contributed by atoms with E-state index in [1.165, 1.54) is 4.88 Å². The summed E-state index contributed by atoms with van der Waals surface area (Å²) < 4.78 is 0. The van der Waals surface area contributed by atoms with Gasteiger partial charge in [-0.05, 0) is 29.6 Å². The van der Waals surface area contributed by atoms with Crippen LogP contribution in [-0.4, -0.2) is 9.97 Å². The maximum absolute atomic E-state index is 5.93. The van der Waals surface area contributed by atoms with E-state index in [1.807, 2.05) is 48.5 Å². The van der Waals surface area contributed by atoms with Crippen LogP contribution in [0.15, 0.2) is 66.0 Å². The molecule has 5 heteroatoms. The van der Waals surface area contributed by atoms with Crippen molar-refractivity contribution in [2.75, 3.05) is 11.1 Å². The highest BCUT2D eigenvalue weighted by molar-refractivity contribution is 7.09. The normalized spacial score (nSPS) is 10.8. The van der Waals surface area contributed by atoms with Crippen LogP contribution in [0.3, 0.4) is 0 Å². The van der Waals surface area contributed by atoms with Crippen molar-refractivity contribution in [3.05, 3.63) is 70.9 Å². The molecular weight excluding hydrogens is 316 g/mol. The second-order valence-corrected chi connectivity index (χ2v) is 6.50. The minimum atomic E-state index is 0.697. The summed E-state index contributed by atoms with van der Waals surface area (Å²) in [6.07, 6.45) is 0. The molecule has 24 heavy (non-hydrogen) atoms. The van der Waals surface area contributed by atoms with E-state index >= 15 is 0 Å². The van der Waals surface area contributed by atoms with Crippen molar-refractivity contribution in [3.8, 4) is 11.4 Å². The Bertz CT molecular complexity index is 966. The Labute approximate surface area is 144 Å². The third-order valence-electron chi connectivity index (χ3n) is 3.76. The molecule has 4 nitrogen and oxygen atoms in total. The van der Waals surface area contributed by atoms with Crippen LogP contribution < -0.4 is 11.1 Å². The Morgan fingerprint density at radius 3 is 2.62 bits per heavy atom. The fraction of sp³-hybridized carbons (Fsp3) is 0.0526. The van der Waals surface area contributed by atoms with Gasteiger partial charge in [0, 0.05) is 21.5 Å². The highest BCUT2D eigenvalue weighted by Gasteiger charge is 2.10. The molecule has 0 fully saturated rings. The molecule has 2 heterocycles. The van der Waals surface area contributed by atoms with E-state index in [1.54, 1.807) is 11.3 Å². The van der Waals surface area contributed by atoms with Gasteiger partial charge in [-0.2, -0.15) is 0 Å². The molecule has 0 bridgehead atoms. The summed E-state index contributed by atoms with van der Waals surface area (Å²) in [7, 11) is 0. The number of rotatable bonds is 4. The summed E-state index contributed by atoms with van der Waals surface area (Å²) in [6, 6.07) is 19.9. The van der Waals surface area contributed by atoms with Gasteiger partial charge in [-0.15, -0.1) is 11.3 Å². The van der Waals surface area contributed by atoms with Gasteiger partial charge in [0.1, 0.15) is 5.82 Å². The highest BCUT2D eigenvalue weighted by Crippen LogP contribution is 2.27. The average molecular weight is 332 g/mol. The van der Waals surface area contributed by atoms with Gasteiger partial charge in [-0.1, -0.05) is 36.4 Å². The zero-order valence-electron chi connectivity index (χ0n) is 12.9. The molecule has 0 aliphatic heterocycles. The lowest BCUT2D eigenvalue weighted by Crippen LogP contribution is -2.03. The molecule has 4 rings (SSSR count). The van der Waals surface area contributed by atoms with Gasteiger partial charge in [0.2, 0.25) is 0 Å². The van der Waals surface area contributed by atoms with E-state index in [4.69, 9.17) is 10.7 Å². The number of benzene rings is 2. The lowest BCUT2D eigenvalue weighted by molar-refractivity contribution is 1.13. The first-order valence-corrected chi connectivity index (χ1v) is 8.56. The van der Waals surface area contributed by atoms with Crippen LogP contribution >= 0.6 is 11.3 Å². The SMILES string of the molecule is Nc1ccc2c(NCc3cccs3)nc(-c3ccccc3)nc2c1. The Morgan fingerprint density at radius 1 is 0.958 bits per heavy atom. The fourth-order valence-corrected chi connectivity index (χ4v) is 3.23. The number of thiophene rings is 1. The quantitative estimate of drug-likeness (QED) is 0.538. The van der Waals surface area contributed by atoms with Crippen LogP contribution in [0.4, 0.5) is 11.5 Å². The number of nitrogens with zero attached hydrogens (tertiary/aromatic N) is 2. The summed E-state index contributed by atoms with van der Waals surface area (Å²) >= 11 is 1.72. The molecule has 0 amide bonds. The lowest BCUT2D eigenvalue weighted by Gasteiger charge is -2.11. The van der Waals surface area contributed by atoms with E-state index in [0.717, 1.165) is 28.8 Å². The topological polar surface area (TPSA) is 63.8 Å². The lowest BCUT2D eigenvalue weighted by atomic mass is 10.1. The van der Waals surface area contributed by atoms with Crippen molar-refractivity contribution in [2.24, 2.45) is 0 Å². The van der Waals surface area contributed by atoms with Gasteiger partial charge >= 0.3 is 0 Å². The minimum absolute atomic E-state index is 0.697. The summed E-state index contributed by atoms with van der Waals surface area (Å²) in [5.41, 5.74) is 8.47. The van der Waals surface area contributed by atoms with E-state index in [0.29, 0.717) is 11.5 Å². The predicted octanol–water partition coefficient (Wildman–Crippen LogP) is 4.55. The second-order valence-electron chi connectivity index (χ2n) is 5.47. The summed E-state index contributed by atoms with van der Waals surface area (Å²) in [5, 5.41) is 6.49. The number of aromatic nitrogens is 2. The van der Waals surface area contributed by atoms with Crippen LogP contribution in [-0.2, 0) is 6.54 Å². The van der Waals surface area contributed by atoms with Crippen LogP contribution in [0.25, 0.3) is 22.3 Å². The van der Waals surface area contributed by atoms with E-state index in [9.17, 15) is 0 Å². The van der Waals surface area contributed by atoms with Crippen molar-refractivity contribution in [1.82, 2.24) is 9.97 Å². The molecule has 0 spiro atoms. The Morgan fingerprint density at radius 2 is 1.83 bits per heavy atom. The third kappa shape index (κ3) is 2.94. The summed E-state index contributed by atoms with van der Waals surface area (Å²) in [5.74, 6) is 1.52. The van der Waals surface area contributed by atoms with E-state index in [-0.39, 0.29) is 0 Å². The minimum Gasteiger partial charge on any atom is -0.399 e. The van der Waals surface area contributed by atoms with Crippen molar-refractivity contribution in [2.45, 2.75) is 6.54 Å². The van der Waals surface area contributed by atoms with Crippen molar-refractivity contribution in [1.29, 1.82) is 0 Å². The number of nitrogen functional groups attached to an aromatic ring is 1. The van der Waals surface area contributed by atoms with E-state index < -0.39 is 0 Å². The first kappa shape index (κ1) is 14.7. The molecule has 2 aromatic heterocycles. The zero-order chi connectivity index (χ0) is 16.4. The van der Waals surface area contributed by atoms with Crippen molar-refractivity contribution < 1.29 is 0 Å². The number of hydrogen-bond acceptors (Lipinski definition) is 5. The number of fused-ring (bicyclic) bond motifs is 1. The summed E-state index contributed by atoms with van der Waals surface area (Å²) in [6.45, 7) is 0.738. The fourth-order valence-electron chi connectivity index (χ4n) is 2.58. The number of nitrogens with two attached hydrogens (primary N) is 1. The number of nitrogens with one attached hydrogen (secondary N) is 1. The Hall–Kier alpha value is -2.92. The smallest absolute Gasteiger partial charge is 0.162 e. The molecular formula is C19H16N4S. The number of anilines is 2. The van der Waals surface area contributed by atoms with Gasteiger partial charge in [-0.25, -0.2) is 9.97 Å². The zero-order valence-corrected chi connectivity index (χ0v) is 13.8. The molecule has 0 radical (unpaired) electrons. The molecule has 0 aliphatic rings. The molecule has 0 saturated heterocycles. The van der Waals surface area contributed by atoms with Gasteiger partial charge in [0.25, 0.3) is 0 Å². The van der Waals surface area contributed by atoms with Crippen LogP contribution in [0, 0.1) is 0 Å². The average Bonchev–Trinajstić information content (AvgIpc) is 3.13. The van der Waals surface area contributed by atoms with E-state index in [2.05, 4.69) is 27.8 Å². The largest absolute Gasteiger partial charge is 0.399 e. The van der Waals surface area contributed by atoms with Crippen LogP contribution in [0.5, 0.6) is 0 Å². The highest BCUT2D eigenvalue weighted by atomic mass is 32.1. The monoisotopic (exact) mass is 332 g/mol. The molecule has 0 saturated carbocycles. The number of hydrogen-bond donors (Lipinski definition) is 2. The standard InChI is InChI=1S/C19H16N4S/c20-14-8-9-16-17(11-14)22-18(13-5-2-1-3-6-13)23-19(16)21-12-15-7-4-10-24-15/h1-11H,12,20H2,(H,21,22,23). The third-order valence-corrected chi connectivity index (χ3v) is 4.64. The molecule has 0 aliphatic carbocycles. The first-order valence-electron chi connectivity index (χ1n) is 7.68. The maximum Gasteiger partial charge on any atom is 0.162 e. The predicted molar refractivity (Wildman–Crippen MR) is 101 cm³/mol.